The van der Waals surface area contributed by atoms with E-state index in [-0.39, 0.29) is 5.78 Å². The molecule has 0 aromatic carbocycles. The quantitative estimate of drug-likeness (QED) is 0.428. The fourth-order valence-electron chi connectivity index (χ4n) is 0.349. The lowest BCUT2D eigenvalue weighted by molar-refractivity contribution is -0.110. The topological polar surface area (TPSA) is 26.3 Å². The van der Waals surface area contributed by atoms with Crippen molar-refractivity contribution in [2.24, 2.45) is 0 Å². The summed E-state index contributed by atoms with van der Waals surface area (Å²) in [5, 5.41) is 0. The molecule has 2 heteroatoms. The molecule has 0 N–H and O–H groups in total. The van der Waals surface area contributed by atoms with Crippen LogP contribution in [0, 0.1) is 0 Å². The second kappa shape index (κ2) is 2.15. The van der Waals surface area contributed by atoms with Crippen molar-refractivity contribution >= 4 is 5.78 Å². The number of allylic oxidation sites excluding steroid dienone is 2. The van der Waals surface area contributed by atoms with Crippen LogP contribution < -0.4 is 0 Å². The number of carbonyl (C=O) groups excluding carboxylic acids is 1. The van der Waals surface area contributed by atoms with Crippen molar-refractivity contribution in [3.63, 3.8) is 0 Å². The van der Waals surface area contributed by atoms with Gasteiger partial charge in [-0.05, 0) is 0 Å². The van der Waals surface area contributed by atoms with Gasteiger partial charge in [0.15, 0.2) is 5.78 Å². The molecular weight excluding hydrogens is 104 g/mol. The van der Waals surface area contributed by atoms with Gasteiger partial charge in [0.2, 0.25) is 0 Å². The van der Waals surface area contributed by atoms with Gasteiger partial charge in [-0.3, -0.25) is 4.79 Å². The van der Waals surface area contributed by atoms with E-state index in [1.807, 2.05) is 0 Å². The van der Waals surface area contributed by atoms with Crippen molar-refractivity contribution in [2.45, 2.75) is 0 Å². The van der Waals surface area contributed by atoms with Crippen LogP contribution in [0.1, 0.15) is 0 Å². The lowest BCUT2D eigenvalue weighted by Crippen LogP contribution is -1.80. The molecule has 8 heavy (non-hydrogen) atoms. The average molecular weight is 108 g/mol. The zero-order valence-electron chi connectivity index (χ0n) is 4.13. The second-order valence-electron chi connectivity index (χ2n) is 1.27. The monoisotopic (exact) mass is 108 g/mol. The molecule has 0 unspecified atom stereocenters. The van der Waals surface area contributed by atoms with E-state index in [1.54, 1.807) is 0 Å². The number of ketones is 1. The lowest BCUT2D eigenvalue weighted by Gasteiger charge is -1.78. The maximum absolute atomic E-state index is 10.4. The zero-order chi connectivity index (χ0) is 5.82. The van der Waals surface area contributed by atoms with Crippen molar-refractivity contribution in [2.75, 3.05) is 0 Å². The molecule has 0 radical (unpaired) electrons. The van der Waals surface area contributed by atoms with Crippen LogP contribution in [0.25, 0.3) is 0 Å². The Morgan fingerprint density at radius 2 is 2.50 bits per heavy atom. The fraction of sp³-hybridized carbons (Fsp3) is 0. The molecular formula is C6H4O2. The van der Waals surface area contributed by atoms with Gasteiger partial charge in [-0.2, -0.15) is 0 Å². The van der Waals surface area contributed by atoms with Crippen molar-refractivity contribution in [1.29, 1.82) is 0 Å². The summed E-state index contributed by atoms with van der Waals surface area (Å²) in [6.07, 6.45) is 5.28. The third-order valence-electron chi connectivity index (χ3n) is 0.673. The summed E-state index contributed by atoms with van der Waals surface area (Å²) in [6.45, 7) is 0. The first kappa shape index (κ1) is 4.88. The maximum Gasteiger partial charge on any atom is 0.189 e. The van der Waals surface area contributed by atoms with Crippen molar-refractivity contribution < 1.29 is 9.53 Å². The number of hydrogen-bond donors (Lipinski definition) is 0. The Labute approximate surface area is 46.8 Å². The molecule has 0 bridgehead atoms. The first-order valence-corrected chi connectivity index (χ1v) is 2.16. The summed E-state index contributed by atoms with van der Waals surface area (Å²) < 4.78 is 4.60. The number of rotatable bonds is 0. The van der Waals surface area contributed by atoms with Crippen LogP contribution in [0.3, 0.4) is 0 Å². The Bertz CT molecular complexity index is 183. The highest BCUT2D eigenvalue weighted by Crippen LogP contribution is 1.86. The van der Waals surface area contributed by atoms with Gasteiger partial charge in [-0.1, -0.05) is 5.73 Å². The van der Waals surface area contributed by atoms with E-state index in [0.717, 1.165) is 0 Å². The summed E-state index contributed by atoms with van der Waals surface area (Å²) >= 11 is 0. The Kier molecular flexibility index (Phi) is 1.31. The van der Waals surface area contributed by atoms with Crippen LogP contribution in [0.4, 0.5) is 0 Å². The summed E-state index contributed by atoms with van der Waals surface area (Å²) in [5.41, 5.74) is 2.51. The summed E-state index contributed by atoms with van der Waals surface area (Å²) in [4.78, 5) is 10.4. The smallest absolute Gasteiger partial charge is 0.189 e. The highest BCUT2D eigenvalue weighted by molar-refractivity contribution is 5.98. The van der Waals surface area contributed by atoms with Gasteiger partial charge in [-0.15, -0.1) is 0 Å². The first-order chi connectivity index (χ1) is 3.89. The van der Waals surface area contributed by atoms with Gasteiger partial charge in [0.05, 0.1) is 6.26 Å². The van der Waals surface area contributed by atoms with Crippen LogP contribution in [0.2, 0.25) is 0 Å². The molecule has 1 aliphatic heterocycles. The fourth-order valence-corrected chi connectivity index (χ4v) is 0.349. The molecule has 0 amide bonds. The van der Waals surface area contributed by atoms with E-state index in [2.05, 4.69) is 10.5 Å². The zero-order valence-corrected chi connectivity index (χ0v) is 4.13. The van der Waals surface area contributed by atoms with Gasteiger partial charge in [0, 0.05) is 12.2 Å². The number of carbonyl (C=O) groups is 1. The van der Waals surface area contributed by atoms with Gasteiger partial charge in [0.25, 0.3) is 0 Å². The minimum atomic E-state index is -0.0984. The normalized spacial score (nSPS) is 15.8. The third kappa shape index (κ3) is 1.10. The van der Waals surface area contributed by atoms with Gasteiger partial charge in [0.1, 0.15) is 6.26 Å². The minimum Gasteiger partial charge on any atom is -0.464 e. The molecule has 0 atom stereocenters. The SMILES string of the molecule is O=C1C=C=COC=C1. The van der Waals surface area contributed by atoms with Crippen LogP contribution in [0.15, 0.2) is 30.4 Å². The number of ether oxygens (including phenoxy) is 1. The molecule has 0 fully saturated rings. The standard InChI is InChI=1S/C6H4O2/c7-6-2-1-4-8-5-3-6/h2-5H. The molecule has 2 nitrogen and oxygen atoms in total. The Morgan fingerprint density at radius 1 is 1.62 bits per heavy atom. The molecule has 40 valence electrons. The second-order valence-corrected chi connectivity index (χ2v) is 1.27. The van der Waals surface area contributed by atoms with Crippen molar-refractivity contribution in [1.82, 2.24) is 0 Å². The van der Waals surface area contributed by atoms with Crippen LogP contribution in [0.5, 0.6) is 0 Å². The van der Waals surface area contributed by atoms with E-state index in [9.17, 15) is 4.79 Å². The van der Waals surface area contributed by atoms with E-state index in [0.29, 0.717) is 0 Å². The molecule has 0 spiro atoms. The van der Waals surface area contributed by atoms with Gasteiger partial charge in [-0.25, -0.2) is 0 Å². The molecule has 0 aromatic heterocycles. The molecule has 0 aliphatic carbocycles. The maximum atomic E-state index is 10.4. The Morgan fingerprint density at radius 3 is 3.38 bits per heavy atom. The molecule has 1 heterocycles. The van der Waals surface area contributed by atoms with E-state index in [1.165, 1.54) is 24.7 Å². The van der Waals surface area contributed by atoms with Crippen LogP contribution in [-0.2, 0) is 9.53 Å². The summed E-state index contributed by atoms with van der Waals surface area (Å²) in [6, 6.07) is 0. The highest BCUT2D eigenvalue weighted by Gasteiger charge is 1.87. The van der Waals surface area contributed by atoms with Crippen LogP contribution >= 0.6 is 0 Å². The minimum absolute atomic E-state index is 0.0984. The third-order valence-corrected chi connectivity index (χ3v) is 0.673. The largest absolute Gasteiger partial charge is 0.464 e. The Hall–Kier alpha value is -1.27. The molecule has 0 saturated heterocycles. The highest BCUT2D eigenvalue weighted by atomic mass is 16.5. The van der Waals surface area contributed by atoms with Crippen molar-refractivity contribution in [3.8, 4) is 0 Å². The summed E-state index contributed by atoms with van der Waals surface area (Å²) in [7, 11) is 0. The van der Waals surface area contributed by atoms with Gasteiger partial charge < -0.3 is 4.74 Å². The molecule has 1 rings (SSSR count). The molecule has 0 saturated carbocycles. The lowest BCUT2D eigenvalue weighted by atomic mass is 10.4. The summed E-state index contributed by atoms with van der Waals surface area (Å²) in [5.74, 6) is -0.0984. The van der Waals surface area contributed by atoms with E-state index in [4.69, 9.17) is 0 Å². The molecule has 0 aromatic rings. The first-order valence-electron chi connectivity index (χ1n) is 2.16. The van der Waals surface area contributed by atoms with Crippen molar-refractivity contribution in [3.05, 3.63) is 30.4 Å². The average Bonchev–Trinajstić information content (AvgIpc) is 1.94. The predicted octanol–water partition coefficient (Wildman–Crippen LogP) is 0.768. The predicted molar refractivity (Wildman–Crippen MR) is 27.9 cm³/mol. The Balaban J connectivity index is 2.84. The van der Waals surface area contributed by atoms with Gasteiger partial charge >= 0.3 is 0 Å². The van der Waals surface area contributed by atoms with Crippen LogP contribution in [-0.4, -0.2) is 5.78 Å². The van der Waals surface area contributed by atoms with E-state index < -0.39 is 0 Å². The molecule has 1 aliphatic rings. The van der Waals surface area contributed by atoms with E-state index >= 15 is 0 Å². The number of hydrogen-bond acceptors (Lipinski definition) is 2.